The number of ether oxygens (including phenoxy) is 1. The largest absolute Gasteiger partial charge is 0.489 e. The highest BCUT2D eigenvalue weighted by Gasteiger charge is 2.37. The van der Waals surface area contributed by atoms with Crippen LogP contribution in [0.15, 0.2) is 54.2 Å². The molecule has 0 spiro atoms. The molecule has 0 radical (unpaired) electrons. The molecule has 1 atom stereocenters. The van der Waals surface area contributed by atoms with Crippen molar-refractivity contribution in [2.75, 3.05) is 32.8 Å². The standard InChI is InChI=1S/C25H31N3O/c1-2-26-13-9-20-18-10-14-28(15-11-18)25(20)12-16-29-19-7-8-22-21-5-3-4-6-23(21)27-24(22)17-19/h3-8,12,17-18,20,26-27H,2,9-11,13-16H2,1H3. The van der Waals surface area contributed by atoms with E-state index in [4.69, 9.17) is 4.74 Å². The lowest BCUT2D eigenvalue weighted by atomic mass is 9.75. The Labute approximate surface area is 172 Å². The number of aromatic amines is 1. The number of H-pyrrole nitrogens is 1. The highest BCUT2D eigenvalue weighted by Crippen LogP contribution is 2.41. The molecule has 0 saturated carbocycles. The number of hydrogen-bond acceptors (Lipinski definition) is 3. The second-order valence-electron chi connectivity index (χ2n) is 8.39. The Hall–Kier alpha value is -2.46. The molecule has 3 aliphatic heterocycles. The summed E-state index contributed by atoms with van der Waals surface area (Å²) < 4.78 is 6.16. The van der Waals surface area contributed by atoms with E-state index in [2.05, 4.69) is 70.7 Å². The van der Waals surface area contributed by atoms with Crippen molar-refractivity contribution in [1.29, 1.82) is 0 Å². The Morgan fingerprint density at radius 2 is 1.93 bits per heavy atom. The minimum absolute atomic E-state index is 0.641. The van der Waals surface area contributed by atoms with Crippen LogP contribution in [0, 0.1) is 11.8 Å². The second kappa shape index (κ2) is 8.11. The molecule has 4 heteroatoms. The summed E-state index contributed by atoms with van der Waals surface area (Å²) in [6.07, 6.45) is 6.29. The molecule has 3 fully saturated rings. The highest BCUT2D eigenvalue weighted by atomic mass is 16.5. The summed E-state index contributed by atoms with van der Waals surface area (Å²) in [4.78, 5) is 6.10. The van der Waals surface area contributed by atoms with E-state index in [9.17, 15) is 0 Å². The van der Waals surface area contributed by atoms with E-state index in [1.54, 1.807) is 0 Å². The molecule has 4 nitrogen and oxygen atoms in total. The highest BCUT2D eigenvalue weighted by molar-refractivity contribution is 6.07. The summed E-state index contributed by atoms with van der Waals surface area (Å²) in [6, 6.07) is 14.8. The van der Waals surface area contributed by atoms with Gasteiger partial charge in [-0.25, -0.2) is 0 Å². The molecule has 3 aromatic rings. The van der Waals surface area contributed by atoms with Gasteiger partial charge in [-0.2, -0.15) is 0 Å². The normalized spacial score (nSPS) is 22.8. The summed E-state index contributed by atoms with van der Waals surface area (Å²) >= 11 is 0. The van der Waals surface area contributed by atoms with Crippen molar-refractivity contribution >= 4 is 21.8 Å². The van der Waals surface area contributed by atoms with Crippen molar-refractivity contribution < 1.29 is 4.74 Å². The van der Waals surface area contributed by atoms with Gasteiger partial charge in [-0.15, -0.1) is 0 Å². The zero-order valence-corrected chi connectivity index (χ0v) is 17.3. The average molecular weight is 390 g/mol. The third-order valence-corrected chi connectivity index (χ3v) is 6.76. The van der Waals surface area contributed by atoms with Crippen molar-refractivity contribution in [3.63, 3.8) is 0 Å². The Kier molecular flexibility index (Phi) is 5.19. The van der Waals surface area contributed by atoms with Crippen molar-refractivity contribution in [1.82, 2.24) is 15.2 Å². The van der Waals surface area contributed by atoms with Crippen LogP contribution in [0.2, 0.25) is 0 Å². The van der Waals surface area contributed by atoms with Crippen molar-refractivity contribution in [3.8, 4) is 5.75 Å². The maximum atomic E-state index is 6.16. The van der Waals surface area contributed by atoms with Crippen LogP contribution in [0.25, 0.3) is 21.8 Å². The predicted molar refractivity (Wildman–Crippen MR) is 120 cm³/mol. The van der Waals surface area contributed by atoms with E-state index < -0.39 is 0 Å². The van der Waals surface area contributed by atoms with Crippen LogP contribution < -0.4 is 10.1 Å². The zero-order chi connectivity index (χ0) is 19.6. The summed E-state index contributed by atoms with van der Waals surface area (Å²) in [6.45, 7) is 7.43. The first kappa shape index (κ1) is 18.6. The molecular weight excluding hydrogens is 358 g/mol. The molecule has 1 aromatic heterocycles. The number of rotatable bonds is 7. The van der Waals surface area contributed by atoms with Crippen LogP contribution in [0.5, 0.6) is 5.75 Å². The van der Waals surface area contributed by atoms with Crippen LogP contribution in [0.4, 0.5) is 0 Å². The van der Waals surface area contributed by atoms with E-state index in [-0.39, 0.29) is 0 Å². The lowest BCUT2D eigenvalue weighted by Crippen LogP contribution is -2.46. The number of nitrogens with one attached hydrogen (secondary N) is 2. The first-order valence-corrected chi connectivity index (χ1v) is 11.1. The summed E-state index contributed by atoms with van der Waals surface area (Å²) in [5.74, 6) is 2.48. The van der Waals surface area contributed by atoms with Crippen molar-refractivity contribution in [3.05, 3.63) is 54.2 Å². The molecule has 4 heterocycles. The molecule has 2 N–H and O–H groups in total. The van der Waals surface area contributed by atoms with E-state index in [1.807, 2.05) is 0 Å². The lowest BCUT2D eigenvalue weighted by molar-refractivity contribution is 0.0963. The molecule has 0 aliphatic carbocycles. The fourth-order valence-corrected chi connectivity index (χ4v) is 5.28. The van der Waals surface area contributed by atoms with Crippen LogP contribution in [0.1, 0.15) is 26.2 Å². The van der Waals surface area contributed by atoms with E-state index >= 15 is 0 Å². The van der Waals surface area contributed by atoms with Crippen LogP contribution >= 0.6 is 0 Å². The molecule has 1 unspecified atom stereocenters. The second-order valence-corrected chi connectivity index (χ2v) is 8.39. The fraction of sp³-hybridized carbons (Fsp3) is 0.440. The molecule has 29 heavy (non-hydrogen) atoms. The van der Waals surface area contributed by atoms with E-state index in [0.717, 1.165) is 30.3 Å². The third kappa shape index (κ3) is 3.62. The number of para-hydroxylation sites is 1. The topological polar surface area (TPSA) is 40.3 Å². The van der Waals surface area contributed by atoms with E-state index in [1.165, 1.54) is 54.3 Å². The monoisotopic (exact) mass is 389 g/mol. The van der Waals surface area contributed by atoms with Gasteiger partial charge in [-0.3, -0.25) is 0 Å². The van der Waals surface area contributed by atoms with Gasteiger partial charge < -0.3 is 19.9 Å². The number of piperidine rings is 3. The van der Waals surface area contributed by atoms with Gasteiger partial charge in [-0.05, 0) is 62.5 Å². The molecule has 2 bridgehead atoms. The Morgan fingerprint density at radius 3 is 2.79 bits per heavy atom. The molecule has 3 saturated heterocycles. The Morgan fingerprint density at radius 1 is 1.10 bits per heavy atom. The zero-order valence-electron chi connectivity index (χ0n) is 17.3. The average Bonchev–Trinajstić information content (AvgIpc) is 3.13. The van der Waals surface area contributed by atoms with Crippen LogP contribution in [0.3, 0.4) is 0 Å². The number of benzene rings is 2. The third-order valence-electron chi connectivity index (χ3n) is 6.76. The minimum atomic E-state index is 0.641. The smallest absolute Gasteiger partial charge is 0.121 e. The quantitative estimate of drug-likeness (QED) is 0.563. The van der Waals surface area contributed by atoms with Gasteiger partial charge in [0, 0.05) is 47.1 Å². The first-order valence-electron chi connectivity index (χ1n) is 11.1. The molecule has 2 aromatic carbocycles. The van der Waals surface area contributed by atoms with Crippen LogP contribution in [-0.2, 0) is 0 Å². The minimum Gasteiger partial charge on any atom is -0.489 e. The summed E-state index contributed by atoms with van der Waals surface area (Å²) in [5, 5.41) is 6.03. The van der Waals surface area contributed by atoms with Gasteiger partial charge in [-0.1, -0.05) is 25.1 Å². The summed E-state index contributed by atoms with van der Waals surface area (Å²) in [7, 11) is 0. The van der Waals surface area contributed by atoms with Crippen molar-refractivity contribution in [2.24, 2.45) is 11.8 Å². The maximum Gasteiger partial charge on any atom is 0.121 e. The number of fused-ring (bicyclic) bond motifs is 6. The van der Waals surface area contributed by atoms with Gasteiger partial charge in [0.2, 0.25) is 0 Å². The Balaban J connectivity index is 1.30. The first-order chi connectivity index (χ1) is 14.3. The Bertz CT molecular complexity index is 1010. The van der Waals surface area contributed by atoms with Crippen LogP contribution in [-0.4, -0.2) is 42.7 Å². The van der Waals surface area contributed by atoms with Crippen molar-refractivity contribution in [2.45, 2.75) is 26.2 Å². The van der Waals surface area contributed by atoms with Gasteiger partial charge in [0.25, 0.3) is 0 Å². The molecular formula is C25H31N3O. The summed E-state index contributed by atoms with van der Waals surface area (Å²) in [5.41, 5.74) is 3.84. The van der Waals surface area contributed by atoms with E-state index in [0.29, 0.717) is 12.5 Å². The maximum absolute atomic E-state index is 6.16. The number of aromatic nitrogens is 1. The van der Waals surface area contributed by atoms with Gasteiger partial charge >= 0.3 is 0 Å². The van der Waals surface area contributed by atoms with Gasteiger partial charge in [0.05, 0.1) is 5.52 Å². The number of allylic oxidation sites excluding steroid dienone is 1. The molecule has 3 aliphatic rings. The molecule has 6 rings (SSSR count). The lowest BCUT2D eigenvalue weighted by Gasteiger charge is -2.48. The SMILES string of the molecule is CCNCCC1C(=CCOc2ccc3c(c2)[nH]c2ccccc23)N2CCC1CC2. The molecule has 0 amide bonds. The molecule has 152 valence electrons. The van der Waals surface area contributed by atoms with Gasteiger partial charge in [0.15, 0.2) is 0 Å². The number of hydrogen-bond donors (Lipinski definition) is 2. The number of nitrogens with zero attached hydrogens (tertiary/aromatic N) is 1. The van der Waals surface area contributed by atoms with Gasteiger partial charge in [0.1, 0.15) is 12.4 Å². The predicted octanol–water partition coefficient (Wildman–Crippen LogP) is 4.93. The fourth-order valence-electron chi connectivity index (χ4n) is 5.28.